The van der Waals surface area contributed by atoms with E-state index in [2.05, 4.69) is 14.3 Å². The molecule has 2 heterocycles. The molecule has 7 heteroatoms. The Bertz CT molecular complexity index is 586. The summed E-state index contributed by atoms with van der Waals surface area (Å²) in [4.78, 5) is 23.3. The molecular weight excluding hydrogens is 276 g/mol. The van der Waals surface area contributed by atoms with Gasteiger partial charge in [0, 0.05) is 24.3 Å². The van der Waals surface area contributed by atoms with Crippen LogP contribution in [0, 0.1) is 6.92 Å². The standard InChI is InChI=1S/C13H16N4O2S/c1-4-19-12(18)11-7-14-13(16-9(11)2)17(3)8-10-5-6-15-20-10/h5-7H,4,8H2,1-3H3. The Kier molecular flexibility index (Phi) is 4.62. The summed E-state index contributed by atoms with van der Waals surface area (Å²) in [6.07, 6.45) is 3.28. The minimum Gasteiger partial charge on any atom is -0.462 e. The van der Waals surface area contributed by atoms with Crippen LogP contribution in [-0.2, 0) is 11.3 Å². The van der Waals surface area contributed by atoms with Gasteiger partial charge < -0.3 is 9.64 Å². The zero-order valence-corrected chi connectivity index (χ0v) is 12.5. The van der Waals surface area contributed by atoms with Gasteiger partial charge in [-0.2, -0.15) is 0 Å². The first-order valence-electron chi connectivity index (χ1n) is 6.23. The quantitative estimate of drug-likeness (QED) is 0.786. The van der Waals surface area contributed by atoms with Gasteiger partial charge in [0.05, 0.1) is 24.4 Å². The van der Waals surface area contributed by atoms with Gasteiger partial charge in [-0.25, -0.2) is 19.1 Å². The topological polar surface area (TPSA) is 68.2 Å². The third-order valence-electron chi connectivity index (χ3n) is 2.69. The van der Waals surface area contributed by atoms with E-state index in [0.29, 0.717) is 30.4 Å². The summed E-state index contributed by atoms with van der Waals surface area (Å²) in [6.45, 7) is 4.57. The summed E-state index contributed by atoms with van der Waals surface area (Å²) in [5.41, 5.74) is 1.02. The van der Waals surface area contributed by atoms with Crippen molar-refractivity contribution in [2.75, 3.05) is 18.6 Å². The van der Waals surface area contributed by atoms with Crippen molar-refractivity contribution in [2.24, 2.45) is 0 Å². The summed E-state index contributed by atoms with van der Waals surface area (Å²) in [6, 6.07) is 1.96. The van der Waals surface area contributed by atoms with E-state index in [-0.39, 0.29) is 5.97 Å². The molecule has 2 aromatic heterocycles. The molecule has 0 unspecified atom stereocenters. The van der Waals surface area contributed by atoms with Crippen LogP contribution in [0.5, 0.6) is 0 Å². The van der Waals surface area contributed by atoms with E-state index in [1.54, 1.807) is 20.0 Å². The fraction of sp³-hybridized carbons (Fsp3) is 0.385. The lowest BCUT2D eigenvalue weighted by Crippen LogP contribution is -2.20. The maximum Gasteiger partial charge on any atom is 0.341 e. The molecule has 0 N–H and O–H groups in total. The van der Waals surface area contributed by atoms with E-state index < -0.39 is 0 Å². The van der Waals surface area contributed by atoms with Crippen molar-refractivity contribution in [1.29, 1.82) is 0 Å². The van der Waals surface area contributed by atoms with E-state index in [1.807, 2.05) is 18.0 Å². The van der Waals surface area contributed by atoms with Crippen LogP contribution in [0.2, 0.25) is 0 Å². The van der Waals surface area contributed by atoms with E-state index >= 15 is 0 Å². The maximum absolute atomic E-state index is 11.7. The average Bonchev–Trinajstić information content (AvgIpc) is 2.91. The van der Waals surface area contributed by atoms with E-state index in [0.717, 1.165) is 4.88 Å². The van der Waals surface area contributed by atoms with E-state index in [9.17, 15) is 4.79 Å². The minimum atomic E-state index is -0.387. The molecule has 2 aromatic rings. The zero-order chi connectivity index (χ0) is 14.5. The van der Waals surface area contributed by atoms with Gasteiger partial charge in [-0.05, 0) is 31.4 Å². The zero-order valence-electron chi connectivity index (χ0n) is 11.7. The van der Waals surface area contributed by atoms with Crippen LogP contribution in [0.3, 0.4) is 0 Å². The molecule has 0 radical (unpaired) electrons. The van der Waals surface area contributed by atoms with Gasteiger partial charge >= 0.3 is 5.97 Å². The normalized spacial score (nSPS) is 10.3. The monoisotopic (exact) mass is 292 g/mol. The number of ether oxygens (including phenoxy) is 1. The number of carbonyl (C=O) groups excluding carboxylic acids is 1. The molecule has 0 aliphatic carbocycles. The third kappa shape index (κ3) is 3.30. The highest BCUT2D eigenvalue weighted by Crippen LogP contribution is 2.15. The van der Waals surface area contributed by atoms with Crippen LogP contribution in [0.1, 0.15) is 27.9 Å². The number of hydrogen-bond donors (Lipinski definition) is 0. The Labute approximate surface area is 121 Å². The summed E-state index contributed by atoms with van der Waals surface area (Å²) < 4.78 is 9.01. The smallest absolute Gasteiger partial charge is 0.341 e. The van der Waals surface area contributed by atoms with Crippen molar-refractivity contribution in [3.8, 4) is 0 Å². The first kappa shape index (κ1) is 14.4. The number of hydrogen-bond acceptors (Lipinski definition) is 7. The van der Waals surface area contributed by atoms with E-state index in [1.165, 1.54) is 17.7 Å². The Morgan fingerprint density at radius 3 is 2.90 bits per heavy atom. The van der Waals surface area contributed by atoms with Gasteiger partial charge in [-0.3, -0.25) is 0 Å². The molecule has 0 aliphatic heterocycles. The molecule has 6 nitrogen and oxygen atoms in total. The lowest BCUT2D eigenvalue weighted by atomic mass is 10.2. The lowest BCUT2D eigenvalue weighted by Gasteiger charge is -2.16. The van der Waals surface area contributed by atoms with Crippen molar-refractivity contribution in [3.05, 3.63) is 34.6 Å². The molecular formula is C13H16N4O2S. The Balaban J connectivity index is 2.14. The number of anilines is 1. The Morgan fingerprint density at radius 2 is 2.30 bits per heavy atom. The van der Waals surface area contributed by atoms with Gasteiger partial charge in [0.1, 0.15) is 0 Å². The molecule has 0 aliphatic rings. The molecule has 0 amide bonds. The Morgan fingerprint density at radius 1 is 1.50 bits per heavy atom. The second kappa shape index (κ2) is 6.42. The van der Waals surface area contributed by atoms with E-state index in [4.69, 9.17) is 4.74 Å². The van der Waals surface area contributed by atoms with Crippen molar-refractivity contribution < 1.29 is 9.53 Å². The summed E-state index contributed by atoms with van der Waals surface area (Å²) in [5, 5.41) is 0. The molecule has 0 aromatic carbocycles. The fourth-order valence-corrected chi connectivity index (χ4v) is 2.31. The predicted octanol–water partition coefficient (Wildman–Crippen LogP) is 2.05. The van der Waals surface area contributed by atoms with Crippen molar-refractivity contribution in [1.82, 2.24) is 14.3 Å². The molecule has 106 valence electrons. The molecule has 0 bridgehead atoms. The number of aryl methyl sites for hydroxylation is 1. The van der Waals surface area contributed by atoms with Gasteiger partial charge in [-0.15, -0.1) is 0 Å². The summed E-state index contributed by atoms with van der Waals surface area (Å²) in [7, 11) is 1.90. The second-order valence-electron chi connectivity index (χ2n) is 4.22. The molecule has 0 saturated carbocycles. The molecule has 0 atom stereocenters. The van der Waals surface area contributed by atoms with Gasteiger partial charge in [0.2, 0.25) is 5.95 Å². The maximum atomic E-state index is 11.7. The summed E-state index contributed by atoms with van der Waals surface area (Å²) >= 11 is 1.44. The van der Waals surface area contributed by atoms with Gasteiger partial charge in [0.15, 0.2) is 0 Å². The molecule has 20 heavy (non-hydrogen) atoms. The first-order chi connectivity index (χ1) is 9.61. The molecule has 0 spiro atoms. The minimum absolute atomic E-state index is 0.339. The highest BCUT2D eigenvalue weighted by atomic mass is 32.1. The number of nitrogens with zero attached hydrogens (tertiary/aromatic N) is 4. The fourth-order valence-electron chi connectivity index (χ4n) is 1.68. The third-order valence-corrected chi connectivity index (χ3v) is 3.41. The summed E-state index contributed by atoms with van der Waals surface area (Å²) in [5.74, 6) is 0.186. The number of esters is 1. The number of rotatable bonds is 5. The second-order valence-corrected chi connectivity index (χ2v) is 5.14. The van der Waals surface area contributed by atoms with Gasteiger partial charge in [-0.1, -0.05) is 0 Å². The van der Waals surface area contributed by atoms with Crippen LogP contribution in [0.25, 0.3) is 0 Å². The number of aromatic nitrogens is 3. The van der Waals surface area contributed by atoms with Crippen molar-refractivity contribution in [3.63, 3.8) is 0 Å². The Hall–Kier alpha value is -2.02. The van der Waals surface area contributed by atoms with Crippen molar-refractivity contribution in [2.45, 2.75) is 20.4 Å². The van der Waals surface area contributed by atoms with Crippen LogP contribution in [0.15, 0.2) is 18.5 Å². The average molecular weight is 292 g/mol. The highest BCUT2D eigenvalue weighted by molar-refractivity contribution is 7.05. The first-order valence-corrected chi connectivity index (χ1v) is 7.00. The number of carbonyl (C=O) groups is 1. The van der Waals surface area contributed by atoms with Crippen LogP contribution >= 0.6 is 11.5 Å². The molecule has 0 fully saturated rings. The van der Waals surface area contributed by atoms with Crippen LogP contribution < -0.4 is 4.90 Å². The van der Waals surface area contributed by atoms with Crippen LogP contribution in [0.4, 0.5) is 5.95 Å². The highest BCUT2D eigenvalue weighted by Gasteiger charge is 2.14. The van der Waals surface area contributed by atoms with Crippen LogP contribution in [-0.4, -0.2) is 34.0 Å². The molecule has 2 rings (SSSR count). The predicted molar refractivity (Wildman–Crippen MR) is 76.9 cm³/mol. The van der Waals surface area contributed by atoms with Crippen molar-refractivity contribution >= 4 is 23.5 Å². The lowest BCUT2D eigenvalue weighted by molar-refractivity contribution is 0.0524. The largest absolute Gasteiger partial charge is 0.462 e. The SMILES string of the molecule is CCOC(=O)c1cnc(N(C)Cc2ccns2)nc1C. The van der Waals surface area contributed by atoms with Gasteiger partial charge in [0.25, 0.3) is 0 Å². The molecule has 0 saturated heterocycles.